The van der Waals surface area contributed by atoms with E-state index < -0.39 is 0 Å². The zero-order valence-corrected chi connectivity index (χ0v) is 18.0. The van der Waals surface area contributed by atoms with E-state index in [0.29, 0.717) is 10.1 Å². The minimum atomic E-state index is -0.249. The van der Waals surface area contributed by atoms with Crippen molar-refractivity contribution in [1.29, 1.82) is 0 Å². The van der Waals surface area contributed by atoms with Crippen LogP contribution in [0.1, 0.15) is 48.5 Å². The molecule has 0 saturated heterocycles. The van der Waals surface area contributed by atoms with Crippen LogP contribution in [0.5, 0.6) is 0 Å². The number of benzene rings is 1. The molecule has 9 heteroatoms. The molecule has 1 unspecified atom stereocenters. The van der Waals surface area contributed by atoms with Gasteiger partial charge in [-0.1, -0.05) is 24.7 Å². The Morgan fingerprint density at radius 1 is 1.23 bits per heavy atom. The molecule has 3 aromatic heterocycles. The Morgan fingerprint density at radius 2 is 2.07 bits per heavy atom. The Kier molecular flexibility index (Phi) is 5.08. The number of thiazole rings is 1. The first-order valence-electron chi connectivity index (χ1n) is 10.0. The van der Waals surface area contributed by atoms with Crippen LogP contribution in [0.25, 0.3) is 15.5 Å². The van der Waals surface area contributed by atoms with Crippen LogP contribution in [-0.4, -0.2) is 19.6 Å². The maximum absolute atomic E-state index is 13.3. The van der Waals surface area contributed by atoms with Crippen molar-refractivity contribution in [3.63, 3.8) is 0 Å². The van der Waals surface area contributed by atoms with Crippen LogP contribution in [0.2, 0.25) is 0 Å². The molecule has 1 aliphatic carbocycles. The van der Waals surface area contributed by atoms with Gasteiger partial charge in [0.1, 0.15) is 10.8 Å². The molecule has 0 saturated carbocycles. The number of rotatable bonds is 5. The summed E-state index contributed by atoms with van der Waals surface area (Å²) in [5.41, 5.74) is 2.61. The Bertz CT molecular complexity index is 1260. The van der Waals surface area contributed by atoms with Crippen LogP contribution >= 0.6 is 22.7 Å². The molecule has 0 fully saturated rings. The van der Waals surface area contributed by atoms with Crippen molar-refractivity contribution in [2.75, 3.05) is 5.32 Å². The molecule has 1 aromatic carbocycles. The molecule has 4 aromatic rings. The molecular formula is C21H20FN5OS2. The molecule has 1 aliphatic rings. The van der Waals surface area contributed by atoms with Gasteiger partial charge in [0.15, 0.2) is 0 Å². The molecule has 6 nitrogen and oxygen atoms in total. The zero-order chi connectivity index (χ0) is 20.7. The van der Waals surface area contributed by atoms with E-state index in [9.17, 15) is 9.18 Å². The van der Waals surface area contributed by atoms with Crippen LogP contribution in [0.15, 0.2) is 35.1 Å². The molecule has 0 aliphatic heterocycles. The number of hydrogen-bond acceptors (Lipinski definition) is 7. The quantitative estimate of drug-likeness (QED) is 0.479. The van der Waals surface area contributed by atoms with E-state index >= 15 is 0 Å². The van der Waals surface area contributed by atoms with Crippen LogP contribution in [0.4, 0.5) is 9.52 Å². The Morgan fingerprint density at radius 3 is 2.87 bits per heavy atom. The first-order valence-corrected chi connectivity index (χ1v) is 11.7. The summed E-state index contributed by atoms with van der Waals surface area (Å²) in [5, 5.41) is 9.48. The number of aromatic nitrogens is 4. The fourth-order valence-electron chi connectivity index (χ4n) is 3.72. The minimum Gasteiger partial charge on any atom is -0.352 e. The molecule has 0 spiro atoms. The van der Waals surface area contributed by atoms with Crippen LogP contribution in [0, 0.1) is 5.82 Å². The lowest BCUT2D eigenvalue weighted by Gasteiger charge is -2.21. The number of hydrogen-bond donors (Lipinski definition) is 1. The van der Waals surface area contributed by atoms with Gasteiger partial charge < -0.3 is 5.32 Å². The van der Waals surface area contributed by atoms with Crippen LogP contribution in [-0.2, 0) is 12.8 Å². The molecule has 1 N–H and O–H groups in total. The largest absolute Gasteiger partial charge is 0.352 e. The summed E-state index contributed by atoms with van der Waals surface area (Å²) in [5.74, 6) is -0.249. The van der Waals surface area contributed by atoms with Crippen molar-refractivity contribution in [3.8, 4) is 10.6 Å². The highest BCUT2D eigenvalue weighted by molar-refractivity contribution is 7.20. The van der Waals surface area contributed by atoms with Gasteiger partial charge in [0.2, 0.25) is 10.1 Å². The van der Waals surface area contributed by atoms with Crippen molar-refractivity contribution in [2.45, 2.75) is 45.1 Å². The predicted octanol–water partition coefficient (Wildman–Crippen LogP) is 4.86. The maximum atomic E-state index is 13.3. The molecule has 0 bridgehead atoms. The second kappa shape index (κ2) is 7.88. The summed E-state index contributed by atoms with van der Waals surface area (Å²) < 4.78 is 14.6. The van der Waals surface area contributed by atoms with Gasteiger partial charge in [0, 0.05) is 22.2 Å². The summed E-state index contributed by atoms with van der Waals surface area (Å²) in [6.07, 6.45) is 4.72. The van der Waals surface area contributed by atoms with Gasteiger partial charge in [-0.05, 0) is 49.9 Å². The Hall–Kier alpha value is -2.65. The average molecular weight is 442 g/mol. The molecule has 0 radical (unpaired) electrons. The SMILES string of the molecule is CCCc1cc(=O)n2nc(NC3CCCc4sc(-c5ccc(F)cc5)nc43)sc2n1. The molecule has 0 amide bonds. The van der Waals surface area contributed by atoms with E-state index in [4.69, 9.17) is 4.98 Å². The van der Waals surface area contributed by atoms with Crippen LogP contribution in [0.3, 0.4) is 0 Å². The van der Waals surface area contributed by atoms with E-state index in [2.05, 4.69) is 22.3 Å². The Balaban J connectivity index is 1.44. The fraction of sp³-hybridized carbons (Fsp3) is 0.333. The number of anilines is 1. The van der Waals surface area contributed by atoms with Gasteiger partial charge in [-0.2, -0.15) is 4.52 Å². The highest BCUT2D eigenvalue weighted by atomic mass is 32.1. The fourth-order valence-corrected chi connectivity index (χ4v) is 5.77. The highest BCUT2D eigenvalue weighted by Gasteiger charge is 2.26. The van der Waals surface area contributed by atoms with Crippen molar-refractivity contribution >= 4 is 32.8 Å². The van der Waals surface area contributed by atoms with Crippen LogP contribution < -0.4 is 10.9 Å². The standard InChI is InChI=1S/C21H20FN5OS2/c1-2-4-14-11-17(28)27-21(23-14)30-20(26-27)24-15-5-3-6-16-18(15)25-19(29-16)12-7-9-13(22)10-8-12/h7-11,15H,2-6H2,1H3,(H,24,26). The lowest BCUT2D eigenvalue weighted by atomic mass is 9.98. The first kappa shape index (κ1) is 19.3. The molecule has 1 atom stereocenters. The topological polar surface area (TPSA) is 72.2 Å². The third kappa shape index (κ3) is 3.63. The number of halogens is 1. The Labute approximate surface area is 180 Å². The molecule has 5 rings (SSSR count). The summed E-state index contributed by atoms with van der Waals surface area (Å²) >= 11 is 3.05. The lowest BCUT2D eigenvalue weighted by Crippen LogP contribution is -2.18. The van der Waals surface area contributed by atoms with Gasteiger partial charge in [0.25, 0.3) is 5.56 Å². The van der Waals surface area contributed by atoms with E-state index in [1.807, 2.05) is 0 Å². The van der Waals surface area contributed by atoms with Crippen molar-refractivity contribution in [2.24, 2.45) is 0 Å². The molecule has 3 heterocycles. The second-order valence-electron chi connectivity index (χ2n) is 7.36. The predicted molar refractivity (Wildman–Crippen MR) is 118 cm³/mol. The number of nitrogens with zero attached hydrogens (tertiary/aromatic N) is 4. The average Bonchev–Trinajstić information content (AvgIpc) is 3.34. The second-order valence-corrected chi connectivity index (χ2v) is 9.40. The van der Waals surface area contributed by atoms with Gasteiger partial charge in [-0.15, -0.1) is 16.4 Å². The molecular weight excluding hydrogens is 421 g/mol. The van der Waals surface area contributed by atoms with Crippen molar-refractivity contribution in [3.05, 3.63) is 62.8 Å². The van der Waals surface area contributed by atoms with E-state index in [1.54, 1.807) is 29.5 Å². The van der Waals surface area contributed by atoms with Gasteiger partial charge in [-0.25, -0.2) is 14.4 Å². The van der Waals surface area contributed by atoms with Gasteiger partial charge >= 0.3 is 0 Å². The van der Waals surface area contributed by atoms with Crippen molar-refractivity contribution < 1.29 is 4.39 Å². The first-order chi connectivity index (χ1) is 14.6. The molecule has 154 valence electrons. The van der Waals surface area contributed by atoms with E-state index in [0.717, 1.165) is 54.1 Å². The number of fused-ring (bicyclic) bond motifs is 2. The van der Waals surface area contributed by atoms with Gasteiger partial charge in [-0.3, -0.25) is 4.79 Å². The normalized spacial score (nSPS) is 16.0. The lowest BCUT2D eigenvalue weighted by molar-refractivity contribution is 0.593. The third-order valence-corrected chi connectivity index (χ3v) is 7.17. The molecule has 30 heavy (non-hydrogen) atoms. The summed E-state index contributed by atoms with van der Waals surface area (Å²) in [4.78, 5) is 23.7. The number of aryl methyl sites for hydroxylation is 2. The maximum Gasteiger partial charge on any atom is 0.275 e. The smallest absolute Gasteiger partial charge is 0.275 e. The zero-order valence-electron chi connectivity index (χ0n) is 16.4. The third-order valence-electron chi connectivity index (χ3n) is 5.15. The number of nitrogens with one attached hydrogen (secondary N) is 1. The summed E-state index contributed by atoms with van der Waals surface area (Å²) in [6.45, 7) is 2.07. The van der Waals surface area contributed by atoms with E-state index in [-0.39, 0.29) is 17.4 Å². The van der Waals surface area contributed by atoms with Crippen molar-refractivity contribution in [1.82, 2.24) is 19.6 Å². The monoisotopic (exact) mass is 441 g/mol. The van der Waals surface area contributed by atoms with E-state index in [1.165, 1.54) is 32.9 Å². The summed E-state index contributed by atoms with van der Waals surface area (Å²) in [7, 11) is 0. The van der Waals surface area contributed by atoms with Gasteiger partial charge in [0.05, 0.1) is 11.7 Å². The minimum absolute atomic E-state index is 0.0329. The summed E-state index contributed by atoms with van der Waals surface area (Å²) in [6, 6.07) is 8.05. The highest BCUT2D eigenvalue weighted by Crippen LogP contribution is 2.39.